The van der Waals surface area contributed by atoms with Crippen LogP contribution in [0, 0.1) is 0 Å². The second-order valence-corrected chi connectivity index (χ2v) is 5.06. The lowest BCUT2D eigenvalue weighted by atomic mass is 10.1. The van der Waals surface area contributed by atoms with Gasteiger partial charge in [0.2, 0.25) is 0 Å². The highest BCUT2D eigenvalue weighted by Gasteiger charge is 2.18. The molecule has 0 atom stereocenters. The van der Waals surface area contributed by atoms with E-state index in [1.165, 1.54) is 0 Å². The fraction of sp³-hybridized carbons (Fsp3) is 0.308. The molecule has 0 fully saturated rings. The second kappa shape index (κ2) is 5.79. The van der Waals surface area contributed by atoms with E-state index in [1.54, 1.807) is 7.11 Å². The van der Waals surface area contributed by atoms with Crippen molar-refractivity contribution < 1.29 is 9.53 Å². The SMILES string of the molecule is COc1cccc(-c2nnsc2C(=O)NC(C)C)c1. The van der Waals surface area contributed by atoms with Gasteiger partial charge in [0, 0.05) is 11.6 Å². The van der Waals surface area contributed by atoms with Gasteiger partial charge in [0.05, 0.1) is 7.11 Å². The smallest absolute Gasteiger partial charge is 0.265 e. The first-order valence-corrected chi connectivity index (χ1v) is 6.66. The molecule has 2 aromatic rings. The normalized spacial score (nSPS) is 10.5. The van der Waals surface area contributed by atoms with Crippen LogP contribution in [0.4, 0.5) is 0 Å². The van der Waals surface area contributed by atoms with Crippen molar-refractivity contribution >= 4 is 17.4 Å². The van der Waals surface area contributed by atoms with E-state index in [-0.39, 0.29) is 11.9 Å². The van der Waals surface area contributed by atoms with Gasteiger partial charge in [-0.2, -0.15) is 0 Å². The van der Waals surface area contributed by atoms with E-state index >= 15 is 0 Å². The van der Waals surface area contributed by atoms with Crippen LogP contribution in [0.3, 0.4) is 0 Å². The van der Waals surface area contributed by atoms with E-state index in [9.17, 15) is 4.79 Å². The van der Waals surface area contributed by atoms with Gasteiger partial charge in [-0.3, -0.25) is 4.79 Å². The van der Waals surface area contributed by atoms with Gasteiger partial charge in [-0.15, -0.1) is 5.10 Å². The van der Waals surface area contributed by atoms with Gasteiger partial charge in [0.25, 0.3) is 5.91 Å². The monoisotopic (exact) mass is 277 g/mol. The Kier molecular flexibility index (Phi) is 4.11. The quantitative estimate of drug-likeness (QED) is 0.931. The molecule has 6 heteroatoms. The Balaban J connectivity index is 2.35. The van der Waals surface area contributed by atoms with Crippen molar-refractivity contribution in [3.05, 3.63) is 29.1 Å². The summed E-state index contributed by atoms with van der Waals surface area (Å²) in [6.45, 7) is 3.83. The summed E-state index contributed by atoms with van der Waals surface area (Å²) in [7, 11) is 1.60. The van der Waals surface area contributed by atoms with Crippen LogP contribution in [0.2, 0.25) is 0 Å². The number of ether oxygens (including phenoxy) is 1. The molecule has 1 amide bonds. The highest BCUT2D eigenvalue weighted by atomic mass is 32.1. The van der Waals surface area contributed by atoms with Crippen LogP contribution in [0.1, 0.15) is 23.5 Å². The Morgan fingerprint density at radius 3 is 2.89 bits per heavy atom. The summed E-state index contributed by atoms with van der Waals surface area (Å²) in [4.78, 5) is 12.6. The van der Waals surface area contributed by atoms with Crippen LogP contribution >= 0.6 is 11.5 Å². The number of hydrogen-bond donors (Lipinski definition) is 1. The topological polar surface area (TPSA) is 64.1 Å². The van der Waals surface area contributed by atoms with Crippen LogP contribution in [0.5, 0.6) is 5.75 Å². The number of carbonyl (C=O) groups excluding carboxylic acids is 1. The number of nitrogens with zero attached hydrogens (tertiary/aromatic N) is 2. The largest absolute Gasteiger partial charge is 0.497 e. The van der Waals surface area contributed by atoms with Crippen LogP contribution < -0.4 is 10.1 Å². The third-order valence-corrected chi connectivity index (χ3v) is 3.18. The van der Waals surface area contributed by atoms with Crippen molar-refractivity contribution in [3.63, 3.8) is 0 Å². The standard InChI is InChI=1S/C13H15N3O2S/c1-8(2)14-13(17)12-11(15-16-19-12)9-5-4-6-10(7-9)18-3/h4-8H,1-3H3,(H,14,17). The van der Waals surface area contributed by atoms with Crippen LogP contribution in [-0.4, -0.2) is 28.6 Å². The lowest BCUT2D eigenvalue weighted by Crippen LogP contribution is -2.29. The molecular formula is C13H15N3O2S. The molecule has 0 spiro atoms. The minimum Gasteiger partial charge on any atom is -0.497 e. The van der Waals surface area contributed by atoms with Gasteiger partial charge in [-0.05, 0) is 37.5 Å². The summed E-state index contributed by atoms with van der Waals surface area (Å²) in [6.07, 6.45) is 0. The Bertz CT molecular complexity index is 581. The number of hydrogen-bond acceptors (Lipinski definition) is 5. The molecule has 19 heavy (non-hydrogen) atoms. The first kappa shape index (κ1) is 13.5. The Hall–Kier alpha value is -1.95. The maximum atomic E-state index is 12.1. The molecule has 0 aliphatic rings. The van der Waals surface area contributed by atoms with Gasteiger partial charge in [0.15, 0.2) is 0 Å². The number of benzene rings is 1. The molecule has 0 saturated heterocycles. The van der Waals surface area contributed by atoms with E-state index in [1.807, 2.05) is 38.1 Å². The van der Waals surface area contributed by atoms with Gasteiger partial charge in [-0.25, -0.2) is 0 Å². The molecule has 100 valence electrons. The maximum Gasteiger partial charge on any atom is 0.265 e. The molecule has 2 rings (SSSR count). The van der Waals surface area contributed by atoms with E-state index in [2.05, 4.69) is 14.9 Å². The van der Waals surface area contributed by atoms with Gasteiger partial charge in [0.1, 0.15) is 16.3 Å². The summed E-state index contributed by atoms with van der Waals surface area (Å²) in [5.41, 5.74) is 1.41. The molecule has 0 saturated carbocycles. The number of aromatic nitrogens is 2. The average Bonchev–Trinajstić information content (AvgIpc) is 2.87. The minimum atomic E-state index is -0.150. The lowest BCUT2D eigenvalue weighted by Gasteiger charge is -2.07. The number of carbonyl (C=O) groups is 1. The zero-order valence-corrected chi connectivity index (χ0v) is 11.8. The molecular weight excluding hydrogens is 262 g/mol. The summed E-state index contributed by atoms with van der Waals surface area (Å²) in [5.74, 6) is 0.573. The third kappa shape index (κ3) is 3.08. The fourth-order valence-electron chi connectivity index (χ4n) is 1.63. The molecule has 1 aromatic carbocycles. The third-order valence-electron chi connectivity index (χ3n) is 2.46. The van der Waals surface area contributed by atoms with E-state index in [0.717, 1.165) is 22.8 Å². The Morgan fingerprint density at radius 1 is 1.42 bits per heavy atom. The van der Waals surface area contributed by atoms with E-state index < -0.39 is 0 Å². The fourth-order valence-corrected chi connectivity index (χ4v) is 2.22. The van der Waals surface area contributed by atoms with E-state index in [4.69, 9.17) is 4.74 Å². The molecule has 0 unspecified atom stereocenters. The molecule has 0 radical (unpaired) electrons. The van der Waals surface area contributed by atoms with Crippen molar-refractivity contribution in [2.75, 3.05) is 7.11 Å². The average molecular weight is 277 g/mol. The summed E-state index contributed by atoms with van der Waals surface area (Å²) in [5, 5.41) is 6.89. The minimum absolute atomic E-state index is 0.0766. The molecule has 0 bridgehead atoms. The molecule has 5 nitrogen and oxygen atoms in total. The summed E-state index contributed by atoms with van der Waals surface area (Å²) in [6, 6.07) is 7.50. The number of rotatable bonds is 4. The highest BCUT2D eigenvalue weighted by molar-refractivity contribution is 7.08. The van der Waals surface area contributed by atoms with Crippen molar-refractivity contribution in [3.8, 4) is 17.0 Å². The van der Waals surface area contributed by atoms with Crippen LogP contribution in [0.25, 0.3) is 11.3 Å². The number of methoxy groups -OCH3 is 1. The number of amides is 1. The van der Waals surface area contributed by atoms with Crippen molar-refractivity contribution in [1.29, 1.82) is 0 Å². The molecule has 1 N–H and O–H groups in total. The van der Waals surface area contributed by atoms with Crippen molar-refractivity contribution in [2.45, 2.75) is 19.9 Å². The van der Waals surface area contributed by atoms with Crippen molar-refractivity contribution in [1.82, 2.24) is 14.9 Å². The predicted molar refractivity (Wildman–Crippen MR) is 74.5 cm³/mol. The van der Waals surface area contributed by atoms with Crippen molar-refractivity contribution in [2.24, 2.45) is 0 Å². The van der Waals surface area contributed by atoms with Crippen LogP contribution in [0.15, 0.2) is 24.3 Å². The highest BCUT2D eigenvalue weighted by Crippen LogP contribution is 2.26. The molecule has 1 heterocycles. The molecule has 0 aliphatic heterocycles. The molecule has 0 aliphatic carbocycles. The summed E-state index contributed by atoms with van der Waals surface area (Å²) >= 11 is 1.09. The van der Waals surface area contributed by atoms with Crippen LogP contribution in [-0.2, 0) is 0 Å². The predicted octanol–water partition coefficient (Wildman–Crippen LogP) is 2.35. The Morgan fingerprint density at radius 2 is 2.21 bits per heavy atom. The molecule has 1 aromatic heterocycles. The lowest BCUT2D eigenvalue weighted by molar-refractivity contribution is 0.0947. The Labute approximate surface area is 115 Å². The zero-order valence-electron chi connectivity index (χ0n) is 11.0. The maximum absolute atomic E-state index is 12.1. The van der Waals surface area contributed by atoms with Gasteiger partial charge < -0.3 is 10.1 Å². The first-order valence-electron chi connectivity index (χ1n) is 5.89. The zero-order chi connectivity index (χ0) is 13.8. The first-order chi connectivity index (χ1) is 9.11. The van der Waals surface area contributed by atoms with Gasteiger partial charge in [-0.1, -0.05) is 16.6 Å². The second-order valence-electron chi connectivity index (χ2n) is 4.31. The summed E-state index contributed by atoms with van der Waals surface area (Å²) < 4.78 is 9.04. The van der Waals surface area contributed by atoms with Gasteiger partial charge >= 0.3 is 0 Å². The number of nitrogens with one attached hydrogen (secondary N) is 1. The van der Waals surface area contributed by atoms with E-state index in [0.29, 0.717) is 10.6 Å².